The second kappa shape index (κ2) is 3.54. The third-order valence-corrected chi connectivity index (χ3v) is 2.01. The van der Waals surface area contributed by atoms with Gasteiger partial charge in [0.1, 0.15) is 0 Å². The van der Waals surface area contributed by atoms with E-state index in [4.69, 9.17) is 5.11 Å². The van der Waals surface area contributed by atoms with Crippen molar-refractivity contribution in [3.8, 4) is 0 Å². The fraction of sp³-hybridized carbons (Fsp3) is 0.400. The maximum atomic E-state index is 8.77. The summed E-state index contributed by atoms with van der Waals surface area (Å²) in [5.41, 5.74) is 3.84. The SMILES string of the molecule is Cc1cccc(C)c1CCO. The monoisotopic (exact) mass is 150 g/mol. The first kappa shape index (κ1) is 8.28. The molecule has 1 aromatic rings. The minimum atomic E-state index is 0.242. The highest BCUT2D eigenvalue weighted by atomic mass is 16.2. The molecule has 1 nitrogen and oxygen atoms in total. The van der Waals surface area contributed by atoms with E-state index in [1.54, 1.807) is 0 Å². The molecule has 0 bridgehead atoms. The van der Waals surface area contributed by atoms with Gasteiger partial charge in [-0.25, -0.2) is 0 Å². The van der Waals surface area contributed by atoms with Crippen LogP contribution in [0.5, 0.6) is 0 Å². The lowest BCUT2D eigenvalue weighted by atomic mass is 10.0. The van der Waals surface area contributed by atoms with E-state index in [1.807, 2.05) is 6.07 Å². The van der Waals surface area contributed by atoms with Crippen molar-refractivity contribution < 1.29 is 5.11 Å². The number of hydrogen-bond acceptors (Lipinski definition) is 1. The van der Waals surface area contributed by atoms with Gasteiger partial charge in [-0.05, 0) is 37.0 Å². The number of hydrogen-bond donors (Lipinski definition) is 1. The molecule has 1 aromatic carbocycles. The Hall–Kier alpha value is -0.820. The molecular formula is C10H14O. The Kier molecular flexibility index (Phi) is 2.66. The summed E-state index contributed by atoms with van der Waals surface area (Å²) in [6.45, 7) is 4.40. The van der Waals surface area contributed by atoms with E-state index >= 15 is 0 Å². The summed E-state index contributed by atoms with van der Waals surface area (Å²) in [6, 6.07) is 6.21. The molecule has 0 amide bonds. The van der Waals surface area contributed by atoms with Crippen molar-refractivity contribution in [2.75, 3.05) is 6.61 Å². The molecule has 0 aliphatic heterocycles. The van der Waals surface area contributed by atoms with Crippen LogP contribution in [-0.2, 0) is 6.42 Å². The molecular weight excluding hydrogens is 136 g/mol. The molecule has 0 unspecified atom stereocenters. The van der Waals surface area contributed by atoms with E-state index in [-0.39, 0.29) is 6.61 Å². The molecule has 0 spiro atoms. The molecule has 0 heterocycles. The van der Waals surface area contributed by atoms with Gasteiger partial charge in [0.05, 0.1) is 0 Å². The number of aliphatic hydroxyl groups is 1. The lowest BCUT2D eigenvalue weighted by Crippen LogP contribution is -1.96. The molecule has 0 saturated carbocycles. The van der Waals surface area contributed by atoms with Crippen LogP contribution in [0.1, 0.15) is 16.7 Å². The minimum Gasteiger partial charge on any atom is -0.396 e. The van der Waals surface area contributed by atoms with E-state index in [0.717, 1.165) is 6.42 Å². The molecule has 1 rings (SSSR count). The topological polar surface area (TPSA) is 20.2 Å². The predicted octanol–water partition coefficient (Wildman–Crippen LogP) is 1.84. The summed E-state index contributed by atoms with van der Waals surface area (Å²) in [5, 5.41) is 8.77. The van der Waals surface area contributed by atoms with Crippen molar-refractivity contribution in [2.45, 2.75) is 20.3 Å². The predicted molar refractivity (Wildman–Crippen MR) is 46.7 cm³/mol. The van der Waals surface area contributed by atoms with Gasteiger partial charge < -0.3 is 5.11 Å². The van der Waals surface area contributed by atoms with Crippen LogP contribution in [0, 0.1) is 13.8 Å². The van der Waals surface area contributed by atoms with Crippen LogP contribution in [-0.4, -0.2) is 11.7 Å². The van der Waals surface area contributed by atoms with Crippen LogP contribution in [0.25, 0.3) is 0 Å². The summed E-state index contributed by atoms with van der Waals surface area (Å²) in [7, 11) is 0. The van der Waals surface area contributed by atoms with Crippen LogP contribution in [0.15, 0.2) is 18.2 Å². The van der Waals surface area contributed by atoms with Crippen molar-refractivity contribution in [3.63, 3.8) is 0 Å². The summed E-state index contributed by atoms with van der Waals surface area (Å²) in [5.74, 6) is 0. The van der Waals surface area contributed by atoms with Gasteiger partial charge >= 0.3 is 0 Å². The van der Waals surface area contributed by atoms with Gasteiger partial charge in [0.15, 0.2) is 0 Å². The van der Waals surface area contributed by atoms with Gasteiger partial charge in [-0.2, -0.15) is 0 Å². The van der Waals surface area contributed by atoms with Crippen LogP contribution < -0.4 is 0 Å². The standard InChI is InChI=1S/C10H14O/c1-8-4-3-5-9(2)10(8)6-7-11/h3-5,11H,6-7H2,1-2H3. The van der Waals surface area contributed by atoms with Crippen LogP contribution in [0.3, 0.4) is 0 Å². The molecule has 0 aliphatic carbocycles. The van der Waals surface area contributed by atoms with Crippen molar-refractivity contribution >= 4 is 0 Å². The molecule has 0 aromatic heterocycles. The molecule has 0 fully saturated rings. The molecule has 0 saturated heterocycles. The smallest absolute Gasteiger partial charge is 0.0471 e. The van der Waals surface area contributed by atoms with Gasteiger partial charge in [-0.1, -0.05) is 18.2 Å². The molecule has 0 radical (unpaired) electrons. The Morgan fingerprint density at radius 2 is 1.73 bits per heavy atom. The Bertz CT molecular complexity index is 220. The van der Waals surface area contributed by atoms with Crippen molar-refractivity contribution in [3.05, 3.63) is 34.9 Å². The van der Waals surface area contributed by atoms with E-state index in [9.17, 15) is 0 Å². The van der Waals surface area contributed by atoms with E-state index in [2.05, 4.69) is 26.0 Å². The number of aryl methyl sites for hydroxylation is 2. The Morgan fingerprint density at radius 3 is 2.18 bits per heavy atom. The van der Waals surface area contributed by atoms with E-state index in [0.29, 0.717) is 0 Å². The zero-order chi connectivity index (χ0) is 8.27. The minimum absolute atomic E-state index is 0.242. The first-order valence-corrected chi connectivity index (χ1v) is 3.91. The fourth-order valence-corrected chi connectivity index (χ4v) is 1.36. The maximum absolute atomic E-state index is 8.77. The third kappa shape index (κ3) is 1.81. The van der Waals surface area contributed by atoms with Gasteiger partial charge in [0.2, 0.25) is 0 Å². The second-order valence-electron chi connectivity index (χ2n) is 2.84. The summed E-state index contributed by atoms with van der Waals surface area (Å²) >= 11 is 0. The maximum Gasteiger partial charge on any atom is 0.0471 e. The normalized spacial score (nSPS) is 10.1. The largest absolute Gasteiger partial charge is 0.396 e. The summed E-state index contributed by atoms with van der Waals surface area (Å²) in [4.78, 5) is 0. The molecule has 0 atom stereocenters. The quantitative estimate of drug-likeness (QED) is 0.682. The Balaban J connectivity index is 3.00. The molecule has 1 heteroatoms. The molecule has 1 N–H and O–H groups in total. The van der Waals surface area contributed by atoms with Crippen LogP contribution >= 0.6 is 0 Å². The highest BCUT2D eigenvalue weighted by Crippen LogP contribution is 2.12. The first-order chi connectivity index (χ1) is 5.25. The lowest BCUT2D eigenvalue weighted by Gasteiger charge is -2.06. The van der Waals surface area contributed by atoms with Crippen molar-refractivity contribution in [2.24, 2.45) is 0 Å². The summed E-state index contributed by atoms with van der Waals surface area (Å²) < 4.78 is 0. The fourth-order valence-electron chi connectivity index (χ4n) is 1.36. The zero-order valence-corrected chi connectivity index (χ0v) is 7.09. The average molecular weight is 150 g/mol. The zero-order valence-electron chi connectivity index (χ0n) is 7.09. The third-order valence-electron chi connectivity index (χ3n) is 2.01. The number of benzene rings is 1. The molecule has 60 valence electrons. The van der Waals surface area contributed by atoms with Crippen molar-refractivity contribution in [1.29, 1.82) is 0 Å². The van der Waals surface area contributed by atoms with Gasteiger partial charge in [-0.15, -0.1) is 0 Å². The molecule has 11 heavy (non-hydrogen) atoms. The highest BCUT2D eigenvalue weighted by molar-refractivity contribution is 5.33. The van der Waals surface area contributed by atoms with E-state index in [1.165, 1.54) is 16.7 Å². The summed E-state index contributed by atoms with van der Waals surface area (Å²) in [6.07, 6.45) is 0.776. The van der Waals surface area contributed by atoms with Gasteiger partial charge in [0.25, 0.3) is 0 Å². The average Bonchev–Trinajstić information content (AvgIpc) is 1.97. The molecule has 0 aliphatic rings. The highest BCUT2D eigenvalue weighted by Gasteiger charge is 1.99. The van der Waals surface area contributed by atoms with Gasteiger partial charge in [0, 0.05) is 6.61 Å². The second-order valence-corrected chi connectivity index (χ2v) is 2.84. The van der Waals surface area contributed by atoms with Gasteiger partial charge in [-0.3, -0.25) is 0 Å². The lowest BCUT2D eigenvalue weighted by molar-refractivity contribution is 0.299. The van der Waals surface area contributed by atoms with Crippen molar-refractivity contribution in [1.82, 2.24) is 0 Å². The Labute approximate surface area is 67.7 Å². The Morgan fingerprint density at radius 1 is 1.18 bits per heavy atom. The first-order valence-electron chi connectivity index (χ1n) is 3.91. The van der Waals surface area contributed by atoms with Crippen LogP contribution in [0.2, 0.25) is 0 Å². The van der Waals surface area contributed by atoms with E-state index < -0.39 is 0 Å². The number of rotatable bonds is 2. The number of aliphatic hydroxyl groups excluding tert-OH is 1. The van der Waals surface area contributed by atoms with Crippen LogP contribution in [0.4, 0.5) is 0 Å².